The van der Waals surface area contributed by atoms with Gasteiger partial charge in [-0.3, -0.25) is 41.9 Å². The number of anilines is 2. The molecule has 4 aliphatic heterocycles. The van der Waals surface area contributed by atoms with Gasteiger partial charge in [-0.15, -0.1) is 0 Å². The number of benzene rings is 3. The molecule has 736 valence electrons. The highest BCUT2D eigenvalue weighted by Crippen LogP contribution is 2.61. The van der Waals surface area contributed by atoms with Crippen molar-refractivity contribution in [2.45, 2.75) is 243 Å². The molecular formula is C92H141N13O24P2S2+4. The number of aromatic nitrogens is 5. The molecule has 2 unspecified atom stereocenters. The molecule has 2 fully saturated rings. The van der Waals surface area contributed by atoms with E-state index in [1.54, 1.807) is 24.3 Å². The van der Waals surface area contributed by atoms with Crippen molar-refractivity contribution in [2.75, 3.05) is 112 Å². The number of primary amides is 1. The Morgan fingerprint density at radius 3 is 1.89 bits per heavy atom. The van der Waals surface area contributed by atoms with Gasteiger partial charge in [-0.1, -0.05) is 81.0 Å². The molecular weight excluding hydrogens is 1800 g/mol. The van der Waals surface area contributed by atoms with Crippen LogP contribution in [0.15, 0.2) is 155 Å². The number of fused-ring (bicyclic) bond motifs is 3. The predicted octanol–water partition coefficient (Wildman–Crippen LogP) is 10.8. The summed E-state index contributed by atoms with van der Waals surface area (Å²) in [5.41, 5.74) is 12.5. The van der Waals surface area contributed by atoms with Gasteiger partial charge in [-0.2, -0.15) is 30.3 Å². The van der Waals surface area contributed by atoms with Crippen LogP contribution < -0.4 is 35.9 Å². The lowest BCUT2D eigenvalue weighted by molar-refractivity contribution is -0.871. The molecule has 0 radical (unpaired) electrons. The van der Waals surface area contributed by atoms with Crippen molar-refractivity contribution in [3.63, 3.8) is 0 Å². The standard InChI is InChI=1S/C88H121N13O24P2S2.4CH4/c1-87(2)66-51-64(128(114,115)116)36-38-68(66)97(47-21-49-100(5,6)7)72(87)40-32-59-23-18-24-60(33-41-73-88(3,4)67-52-65(129(117,118)119)37-39-69(67)98(73)48-22-50-101(8,9)10)81(59)122-63-34-29-58(30-35-63)31-42-75(104)90-43-17-13-15-27-62(102)26-14-11-12-16-28-74(103)91-44-20-45-92-83-76-84(94-56-93-83)99(57-95-76)86-80(108)78(106)71(124-86)55-121-127(112,113)125-126(110,111)120-54-70-77(105)79(107)85(123-70)96-46-19-25-61(53-96)82(89)109;;;;/h19,25,29-30,32-41,46,51-53,56-57,70-71,77-80,85-86,105-108H,11-18,20-24,26-28,31,42-45,47-50,54-55H2,1-10H3,(H5-4,89,90,91,92,93,94,103,104,109,110,111,112,113,114,115,116,117,118,119);4*1H4/p+4/t70-,71-,77-,78-,79-,80-,85-,86-;;;;/m1..../s1. The van der Waals surface area contributed by atoms with E-state index in [0.717, 1.165) is 124 Å². The number of aliphatic hydroxyl groups is 4. The summed E-state index contributed by atoms with van der Waals surface area (Å²) in [5, 5.41) is 52.1. The summed E-state index contributed by atoms with van der Waals surface area (Å²) in [6, 6.07) is 20.2. The molecule has 3 amide bonds. The van der Waals surface area contributed by atoms with Gasteiger partial charge in [-0.05, 0) is 155 Å². The number of phosphoric ester groups is 2. The summed E-state index contributed by atoms with van der Waals surface area (Å²) >= 11 is 0. The molecule has 3 aromatic carbocycles. The Bertz CT molecular complexity index is 5560. The zero-order valence-electron chi connectivity index (χ0n) is 74.7. The van der Waals surface area contributed by atoms with Crippen LogP contribution >= 0.6 is 15.6 Å². The van der Waals surface area contributed by atoms with E-state index in [9.17, 15) is 84.5 Å². The molecule has 41 heteroatoms. The first-order valence-corrected chi connectivity index (χ1v) is 49.4. The number of rotatable bonds is 47. The van der Waals surface area contributed by atoms with E-state index >= 15 is 0 Å². The van der Waals surface area contributed by atoms with Gasteiger partial charge in [0.25, 0.3) is 32.4 Å². The molecule has 7 heterocycles. The van der Waals surface area contributed by atoms with Crippen LogP contribution in [-0.2, 0) is 83.8 Å². The molecule has 3 aromatic heterocycles. The third kappa shape index (κ3) is 29.6. The van der Waals surface area contributed by atoms with Crippen molar-refractivity contribution in [1.29, 1.82) is 0 Å². The molecule has 1 aliphatic carbocycles. The largest absolute Gasteiger partial charge is 0.481 e. The quantitative estimate of drug-likeness (QED) is 0.00555. The molecule has 133 heavy (non-hydrogen) atoms. The van der Waals surface area contributed by atoms with Gasteiger partial charge in [0.1, 0.15) is 59.7 Å². The number of hydrogen-bond acceptors (Lipinski definition) is 25. The monoisotopic (exact) mass is 1940 g/mol. The van der Waals surface area contributed by atoms with Crippen LogP contribution in [0.1, 0.15) is 206 Å². The Morgan fingerprint density at radius 2 is 1.25 bits per heavy atom. The molecule has 13 N–H and O–H groups in total. The molecule has 5 aliphatic rings. The SMILES string of the molecule is C.C.C.C.CC1(C)C(/C=C/C2=C(Oc3ccc(CCC(=O)NCCCCCC(=O)CCCCCCC(=O)NCCCNc4ncnc5c4ncn5[C@@H]4O[C@H](COP(=O)(O)OP(=O)(O)OC[C@H]5O[C@@H]([n+]6cccc(C(N)=O)c6)[C@H](O)[C@@H]5O)[C@@H](O)[C@H]4O)cc3)C(=C/C=C3/N(CCC[N+](C)(C)C)c4ccc(S(=O)(=O)O)cc4C3(C)C)/CCC2)=[N+](CCC[N+](C)(C)C)c2ccc(S(=O)(=O)O)cc21. The van der Waals surface area contributed by atoms with E-state index in [-0.39, 0.29) is 80.2 Å². The maximum Gasteiger partial charge on any atom is 0.481 e. The number of quaternary nitrogens is 2. The molecule has 6 aromatic rings. The third-order valence-corrected chi connectivity index (χ3v) is 27.9. The number of hydrogen-bond donors (Lipinski definition) is 12. The van der Waals surface area contributed by atoms with Crippen LogP contribution in [-0.4, -0.2) is 256 Å². The molecule has 37 nitrogen and oxygen atoms in total. The predicted molar refractivity (Wildman–Crippen MR) is 505 cm³/mol. The second kappa shape index (κ2) is 47.3. The Labute approximate surface area is 782 Å². The number of ketones is 1. The van der Waals surface area contributed by atoms with Gasteiger partial charge < -0.3 is 80.0 Å². The van der Waals surface area contributed by atoms with E-state index in [1.165, 1.54) is 58.4 Å². The van der Waals surface area contributed by atoms with E-state index in [0.29, 0.717) is 108 Å². The minimum absolute atomic E-state index is 0. The third-order valence-electron chi connectivity index (χ3n) is 23.6. The van der Waals surface area contributed by atoms with Gasteiger partial charge in [-0.25, -0.2) is 24.1 Å². The minimum atomic E-state index is -5.49. The summed E-state index contributed by atoms with van der Waals surface area (Å²) < 4.78 is 135. The summed E-state index contributed by atoms with van der Waals surface area (Å²) in [7, 11) is -7.06. The number of carbonyl (C=O) groups is 4. The van der Waals surface area contributed by atoms with Gasteiger partial charge in [0.2, 0.25) is 17.5 Å². The number of unbranched alkanes of at least 4 members (excludes halogenated alkanes) is 5. The van der Waals surface area contributed by atoms with Crippen molar-refractivity contribution in [2.24, 2.45) is 5.73 Å². The molecule has 0 bridgehead atoms. The Kier molecular flexibility index (Phi) is 39.6. The number of aliphatic hydroxyl groups excluding tert-OH is 4. The number of phosphoric acid groups is 2. The Morgan fingerprint density at radius 1 is 0.654 bits per heavy atom. The molecule has 10 atom stereocenters. The Balaban J connectivity index is 0.00000604. The lowest BCUT2D eigenvalue weighted by Crippen LogP contribution is -2.46. The fourth-order valence-electron chi connectivity index (χ4n) is 16.7. The molecule has 0 saturated carbocycles. The van der Waals surface area contributed by atoms with Crippen LogP contribution in [0, 0.1) is 0 Å². The minimum Gasteiger partial charge on any atom is -0.457 e. The van der Waals surface area contributed by atoms with Crippen molar-refractivity contribution >= 4 is 93.5 Å². The topological polar surface area (TPSA) is 504 Å². The van der Waals surface area contributed by atoms with E-state index in [2.05, 4.69) is 139 Å². The number of amides is 3. The molecule has 0 spiro atoms. The highest BCUT2D eigenvalue weighted by molar-refractivity contribution is 7.86. The average Bonchev–Trinajstić information content (AvgIpc) is 1.58. The van der Waals surface area contributed by atoms with Gasteiger partial charge >= 0.3 is 15.6 Å². The normalized spacial score (nSPS) is 21.5. The zero-order chi connectivity index (χ0) is 93.8. The van der Waals surface area contributed by atoms with Gasteiger partial charge in [0, 0.05) is 98.9 Å². The number of aryl methyl sites for hydroxylation is 1. The van der Waals surface area contributed by atoms with E-state index in [4.69, 9.17) is 29.0 Å². The summed E-state index contributed by atoms with van der Waals surface area (Å²) in [4.78, 5) is 85.8. The summed E-state index contributed by atoms with van der Waals surface area (Å²) in [6.45, 7) is 10.7. The van der Waals surface area contributed by atoms with Crippen LogP contribution in [0.25, 0.3) is 11.2 Å². The lowest BCUT2D eigenvalue weighted by atomic mass is 9.81. The van der Waals surface area contributed by atoms with Crippen LogP contribution in [0.4, 0.5) is 17.2 Å². The average molecular weight is 1940 g/mol. The highest BCUT2D eigenvalue weighted by atomic mass is 32.2. The van der Waals surface area contributed by atoms with Crippen molar-refractivity contribution in [1.82, 2.24) is 30.2 Å². The van der Waals surface area contributed by atoms with Gasteiger partial charge in [0.05, 0.1) is 96.5 Å². The first kappa shape index (κ1) is 111. The second-order valence-corrected chi connectivity index (χ2v) is 42.3. The number of Topliss-reactive ketones (excluding diaryl/α,β-unsaturated/α-hetero) is 1. The van der Waals surface area contributed by atoms with Crippen LogP contribution in [0.2, 0.25) is 0 Å². The van der Waals surface area contributed by atoms with Crippen LogP contribution in [0.5, 0.6) is 5.75 Å². The number of allylic oxidation sites excluding steroid dienone is 7. The first-order valence-electron chi connectivity index (χ1n) is 43.5. The molecule has 2 saturated heterocycles. The summed E-state index contributed by atoms with van der Waals surface area (Å²) in [6.07, 6.45) is 12.7. The second-order valence-electron chi connectivity index (χ2n) is 36.4. The maximum atomic E-state index is 13.2. The number of pyridine rings is 1. The number of ether oxygens (including phenoxy) is 3. The smallest absolute Gasteiger partial charge is 0.457 e. The number of nitrogens with two attached hydrogens (primary N) is 1. The Hall–Kier alpha value is -8.77. The highest BCUT2D eigenvalue weighted by Gasteiger charge is 2.52. The van der Waals surface area contributed by atoms with E-state index in [1.807, 2.05) is 24.3 Å². The van der Waals surface area contributed by atoms with E-state index < -0.39 is 115 Å². The number of carbonyl (C=O) groups excluding carboxylic acids is 4. The van der Waals surface area contributed by atoms with Crippen LogP contribution in [0.3, 0.4) is 0 Å². The van der Waals surface area contributed by atoms with Crippen molar-refractivity contribution in [3.8, 4) is 5.75 Å². The molecule has 11 rings (SSSR count). The summed E-state index contributed by atoms with van der Waals surface area (Å²) in [5.74, 6) is 0.773. The van der Waals surface area contributed by atoms with Crippen molar-refractivity contribution in [3.05, 3.63) is 167 Å². The maximum absolute atomic E-state index is 13.2. The first-order chi connectivity index (χ1) is 60.7. The fourth-order valence-corrected chi connectivity index (χ4v) is 19.8. The lowest BCUT2D eigenvalue weighted by Gasteiger charge is -2.29. The number of nitrogens with one attached hydrogen (secondary N) is 3. The number of imidazole rings is 1. The van der Waals surface area contributed by atoms with Gasteiger partial charge in [0.15, 0.2) is 54.0 Å². The number of nitrogens with zero attached hydrogens (tertiary/aromatic N) is 9. The fraction of sp³-hybridized carbons (Fsp3) is 0.554. The zero-order valence-corrected chi connectivity index (χ0v) is 78.1. The van der Waals surface area contributed by atoms with Crippen molar-refractivity contribution < 1.29 is 130 Å².